The van der Waals surface area contributed by atoms with Crippen LogP contribution in [0.1, 0.15) is 44.1 Å². The summed E-state index contributed by atoms with van der Waals surface area (Å²) in [5.74, 6) is 1.39. The van der Waals surface area contributed by atoms with Gasteiger partial charge in [-0.25, -0.2) is 4.98 Å². The highest BCUT2D eigenvalue weighted by Gasteiger charge is 2.29. The fourth-order valence-corrected chi connectivity index (χ4v) is 6.07. The van der Waals surface area contributed by atoms with Gasteiger partial charge in [-0.15, -0.1) is 11.3 Å². The first-order valence-electron chi connectivity index (χ1n) is 13.2. The molecule has 1 N–H and O–H groups in total. The maximum absolute atomic E-state index is 13.9. The number of nitrogens with one attached hydrogen (secondary N) is 1. The number of aromatic nitrogens is 1. The van der Waals surface area contributed by atoms with Crippen molar-refractivity contribution in [2.75, 3.05) is 30.5 Å². The van der Waals surface area contributed by atoms with Gasteiger partial charge >= 0.3 is 0 Å². The van der Waals surface area contributed by atoms with Crippen LogP contribution in [-0.4, -0.2) is 43.5 Å². The van der Waals surface area contributed by atoms with Gasteiger partial charge in [0.25, 0.3) is 11.8 Å². The number of carbonyl (C=O) groups excluding carboxylic acids is 2. The van der Waals surface area contributed by atoms with Crippen LogP contribution in [0.5, 0.6) is 5.75 Å². The third-order valence-corrected chi connectivity index (χ3v) is 8.34. The number of amides is 2. The molecular formula is C31H30N4O3S. The second kappa shape index (κ2) is 10.5. The Kier molecular flexibility index (Phi) is 6.79. The van der Waals surface area contributed by atoms with Gasteiger partial charge in [0.15, 0.2) is 0 Å². The standard InChI is InChI=1S/C31H30N4O3S/c1-34(19-20-7-5-8-23(17-20)38-2)28-12-6-10-25(33-28)31(37)35-16-15-21-18-27(30(36)32-22-13-14-22)39-29(21)24-9-3-4-11-26(24)35/h3-12,17-18,22H,13-16,19H2,1-2H3,(H,32,36). The first-order chi connectivity index (χ1) is 19.0. The Balaban J connectivity index is 1.25. The maximum atomic E-state index is 13.9. The molecule has 0 spiro atoms. The van der Waals surface area contributed by atoms with E-state index in [-0.39, 0.29) is 11.8 Å². The summed E-state index contributed by atoms with van der Waals surface area (Å²) in [4.78, 5) is 37.0. The van der Waals surface area contributed by atoms with Crippen molar-refractivity contribution in [3.05, 3.63) is 94.5 Å². The lowest BCUT2D eigenvalue weighted by atomic mass is 10.1. The normalized spacial score (nSPS) is 14.2. The molecule has 2 aromatic carbocycles. The minimum atomic E-state index is -0.138. The zero-order valence-electron chi connectivity index (χ0n) is 22.0. The summed E-state index contributed by atoms with van der Waals surface area (Å²) in [6.45, 7) is 1.14. The molecule has 8 heteroatoms. The number of anilines is 2. The van der Waals surface area contributed by atoms with Crippen LogP contribution in [-0.2, 0) is 13.0 Å². The predicted octanol–water partition coefficient (Wildman–Crippen LogP) is 5.55. The van der Waals surface area contributed by atoms with E-state index in [0.29, 0.717) is 31.2 Å². The van der Waals surface area contributed by atoms with Gasteiger partial charge in [0.2, 0.25) is 0 Å². The van der Waals surface area contributed by atoms with Gasteiger partial charge in [0, 0.05) is 36.6 Å². The summed E-state index contributed by atoms with van der Waals surface area (Å²) >= 11 is 1.51. The highest BCUT2D eigenvalue weighted by molar-refractivity contribution is 7.17. The molecule has 1 aliphatic carbocycles. The fraction of sp³-hybridized carbons (Fsp3) is 0.258. The van der Waals surface area contributed by atoms with Gasteiger partial charge in [-0.2, -0.15) is 0 Å². The van der Waals surface area contributed by atoms with E-state index in [1.807, 2.05) is 83.6 Å². The van der Waals surface area contributed by atoms with Gasteiger partial charge in [-0.3, -0.25) is 9.59 Å². The molecule has 3 heterocycles. The third kappa shape index (κ3) is 5.25. The molecule has 0 unspecified atom stereocenters. The van der Waals surface area contributed by atoms with E-state index < -0.39 is 0 Å². The molecular weight excluding hydrogens is 508 g/mol. The number of rotatable bonds is 7. The number of para-hydroxylation sites is 1. The Hall–Kier alpha value is -4.17. The molecule has 2 aliphatic rings. The minimum Gasteiger partial charge on any atom is -0.497 e. The van der Waals surface area contributed by atoms with Crippen molar-refractivity contribution in [3.63, 3.8) is 0 Å². The van der Waals surface area contributed by atoms with E-state index in [1.54, 1.807) is 13.2 Å². The van der Waals surface area contributed by atoms with Gasteiger partial charge in [-0.1, -0.05) is 36.4 Å². The first kappa shape index (κ1) is 25.1. The summed E-state index contributed by atoms with van der Waals surface area (Å²) in [5, 5.41) is 3.09. The number of nitrogens with zero attached hydrogens (tertiary/aromatic N) is 3. The van der Waals surface area contributed by atoms with Crippen molar-refractivity contribution in [2.24, 2.45) is 0 Å². The second-order valence-electron chi connectivity index (χ2n) is 10.0. The largest absolute Gasteiger partial charge is 0.497 e. The fourth-order valence-electron chi connectivity index (χ4n) is 4.92. The molecule has 0 saturated heterocycles. The van der Waals surface area contributed by atoms with Crippen LogP contribution in [0.15, 0.2) is 72.8 Å². The van der Waals surface area contributed by atoms with Crippen LogP contribution < -0.4 is 19.9 Å². The van der Waals surface area contributed by atoms with Crippen molar-refractivity contribution in [1.82, 2.24) is 10.3 Å². The SMILES string of the molecule is COc1cccc(CN(C)c2cccc(C(=O)N3CCc4cc(C(=O)NC5CC5)sc4-c4ccccc43)n2)c1. The van der Waals surface area contributed by atoms with Crippen molar-refractivity contribution in [2.45, 2.75) is 31.8 Å². The zero-order chi connectivity index (χ0) is 26.9. The number of hydrogen-bond donors (Lipinski definition) is 1. The average molecular weight is 539 g/mol. The lowest BCUT2D eigenvalue weighted by Gasteiger charge is -2.24. The average Bonchev–Trinajstić information content (AvgIpc) is 3.71. The summed E-state index contributed by atoms with van der Waals surface area (Å²) in [6.07, 6.45) is 2.78. The lowest BCUT2D eigenvalue weighted by Crippen LogP contribution is -2.33. The minimum absolute atomic E-state index is 0.0000635. The van der Waals surface area contributed by atoms with Crippen LogP contribution >= 0.6 is 11.3 Å². The third-order valence-electron chi connectivity index (χ3n) is 7.13. The molecule has 0 atom stereocenters. The van der Waals surface area contributed by atoms with Crippen LogP contribution in [0, 0.1) is 0 Å². The van der Waals surface area contributed by atoms with E-state index in [9.17, 15) is 9.59 Å². The van der Waals surface area contributed by atoms with Gasteiger partial charge in [-0.05, 0) is 66.8 Å². The molecule has 7 nitrogen and oxygen atoms in total. The summed E-state index contributed by atoms with van der Waals surface area (Å²) < 4.78 is 5.35. The quantitative estimate of drug-likeness (QED) is 0.334. The van der Waals surface area contributed by atoms with Crippen LogP contribution in [0.2, 0.25) is 0 Å². The Morgan fingerprint density at radius 3 is 2.72 bits per heavy atom. The number of methoxy groups -OCH3 is 1. The molecule has 0 radical (unpaired) electrons. The maximum Gasteiger partial charge on any atom is 0.276 e. The number of hydrogen-bond acceptors (Lipinski definition) is 6. The topological polar surface area (TPSA) is 74.8 Å². The number of carbonyl (C=O) groups is 2. The Morgan fingerprint density at radius 1 is 1.08 bits per heavy atom. The highest BCUT2D eigenvalue weighted by Crippen LogP contribution is 2.42. The first-order valence-corrected chi connectivity index (χ1v) is 14.0. The zero-order valence-corrected chi connectivity index (χ0v) is 22.8. The number of fused-ring (bicyclic) bond motifs is 3. The second-order valence-corrected chi connectivity index (χ2v) is 11.1. The molecule has 2 aromatic heterocycles. The van der Waals surface area contributed by atoms with Crippen molar-refractivity contribution < 1.29 is 14.3 Å². The Bertz CT molecular complexity index is 1540. The molecule has 39 heavy (non-hydrogen) atoms. The summed E-state index contributed by atoms with van der Waals surface area (Å²) in [5.41, 5.74) is 4.40. The Labute approximate surface area is 232 Å². The molecule has 2 amide bonds. The smallest absolute Gasteiger partial charge is 0.276 e. The van der Waals surface area contributed by atoms with Crippen LogP contribution in [0.4, 0.5) is 11.5 Å². The van der Waals surface area contributed by atoms with Crippen LogP contribution in [0.3, 0.4) is 0 Å². The molecule has 1 fully saturated rings. The molecule has 0 bridgehead atoms. The lowest BCUT2D eigenvalue weighted by molar-refractivity contribution is 0.0952. The van der Waals surface area contributed by atoms with Gasteiger partial charge in [0.05, 0.1) is 17.7 Å². The van der Waals surface area contributed by atoms with E-state index in [1.165, 1.54) is 11.3 Å². The van der Waals surface area contributed by atoms with Crippen molar-refractivity contribution >= 4 is 34.7 Å². The molecule has 1 aliphatic heterocycles. The molecule has 6 rings (SSSR count). The van der Waals surface area contributed by atoms with Crippen LogP contribution in [0.25, 0.3) is 10.4 Å². The predicted molar refractivity (Wildman–Crippen MR) is 155 cm³/mol. The van der Waals surface area contributed by atoms with Gasteiger partial charge in [0.1, 0.15) is 17.3 Å². The monoisotopic (exact) mass is 538 g/mol. The molecule has 1 saturated carbocycles. The van der Waals surface area contributed by atoms with Gasteiger partial charge < -0.3 is 19.9 Å². The number of ether oxygens (including phenoxy) is 1. The van der Waals surface area contributed by atoms with E-state index in [0.717, 1.165) is 56.5 Å². The number of benzene rings is 2. The van der Waals surface area contributed by atoms with E-state index in [4.69, 9.17) is 9.72 Å². The van der Waals surface area contributed by atoms with E-state index >= 15 is 0 Å². The summed E-state index contributed by atoms with van der Waals surface area (Å²) in [7, 11) is 3.62. The molecule has 198 valence electrons. The Morgan fingerprint density at radius 2 is 1.90 bits per heavy atom. The highest BCUT2D eigenvalue weighted by atomic mass is 32.1. The number of thiophene rings is 1. The molecule has 4 aromatic rings. The van der Waals surface area contributed by atoms with Crippen molar-refractivity contribution in [3.8, 4) is 16.2 Å². The van der Waals surface area contributed by atoms with E-state index in [2.05, 4.69) is 5.32 Å². The number of pyridine rings is 1. The van der Waals surface area contributed by atoms with Crippen molar-refractivity contribution in [1.29, 1.82) is 0 Å². The summed E-state index contributed by atoms with van der Waals surface area (Å²) in [6, 6.07) is 23.7.